The van der Waals surface area contributed by atoms with E-state index in [1.165, 1.54) is 11.1 Å². The molecule has 0 spiro atoms. The zero-order valence-electron chi connectivity index (χ0n) is 23.0. The Bertz CT molecular complexity index is 2190. The van der Waals surface area contributed by atoms with Crippen LogP contribution >= 0.6 is 0 Å². The second-order valence-corrected chi connectivity index (χ2v) is 10.2. The summed E-state index contributed by atoms with van der Waals surface area (Å²) in [4.78, 5) is 16.3. The van der Waals surface area contributed by atoms with E-state index in [9.17, 15) is 0 Å². The summed E-state index contributed by atoms with van der Waals surface area (Å²) in [5, 5.41) is 4.40. The Hall–Kier alpha value is -5.69. The lowest BCUT2D eigenvalue weighted by molar-refractivity contribution is 0.410. The number of aromatic amines is 1. The number of methoxy groups -OCH3 is 2. The van der Waals surface area contributed by atoms with Gasteiger partial charge in [0.1, 0.15) is 11.5 Å². The fourth-order valence-electron chi connectivity index (χ4n) is 6.25. The van der Waals surface area contributed by atoms with Crippen LogP contribution < -0.4 is 9.47 Å². The van der Waals surface area contributed by atoms with E-state index in [4.69, 9.17) is 9.47 Å². The van der Waals surface area contributed by atoms with Crippen LogP contribution in [0.4, 0.5) is 0 Å². The third-order valence-electron chi connectivity index (χ3n) is 8.11. The Morgan fingerprint density at radius 1 is 0.595 bits per heavy atom. The average Bonchev–Trinajstić information content (AvgIpc) is 3.57. The van der Waals surface area contributed by atoms with E-state index in [2.05, 4.69) is 73.0 Å². The first kappa shape index (κ1) is 24.1. The van der Waals surface area contributed by atoms with E-state index in [1.54, 1.807) is 14.2 Å². The largest absolute Gasteiger partial charge is 0.496 e. The number of nitrogens with zero attached hydrogens (tertiary/aromatic N) is 4. The maximum absolute atomic E-state index is 5.99. The standard InChI is InChI=1S/C35H25N5O2/c1-41-33-15-21(35-25-7-11-36-17-27(25)28-18-37-12-8-26(28)35)3-5-23(33)24-6-4-22(16-34(24)42-2)40-31-9-13-38-19-29(31)30-20-39-14-10-32(30)40/h3-20,36H,1-2H3. The van der Waals surface area contributed by atoms with Gasteiger partial charge in [0.25, 0.3) is 0 Å². The SMILES string of the molecule is COc1cc(-c2c3cc[nH]cc-3c3cnccc23)ccc1-c1ccc(-n2c3ccncc3c3cnccc32)cc1OC. The van der Waals surface area contributed by atoms with Gasteiger partial charge in [0.2, 0.25) is 0 Å². The quantitative estimate of drug-likeness (QED) is 0.237. The second kappa shape index (κ2) is 9.45. The maximum Gasteiger partial charge on any atom is 0.128 e. The summed E-state index contributed by atoms with van der Waals surface area (Å²) in [6, 6.07) is 20.9. The molecule has 0 atom stereocenters. The molecular weight excluding hydrogens is 522 g/mol. The van der Waals surface area contributed by atoms with Crippen LogP contribution in [0, 0.1) is 0 Å². The van der Waals surface area contributed by atoms with Crippen LogP contribution in [0.3, 0.4) is 0 Å². The van der Waals surface area contributed by atoms with E-state index < -0.39 is 0 Å². The highest BCUT2D eigenvalue weighted by atomic mass is 16.5. The smallest absolute Gasteiger partial charge is 0.128 e. The van der Waals surface area contributed by atoms with Crippen LogP contribution in [0.5, 0.6) is 11.5 Å². The molecule has 1 aliphatic carbocycles. The van der Waals surface area contributed by atoms with E-state index in [0.717, 1.165) is 72.0 Å². The summed E-state index contributed by atoms with van der Waals surface area (Å²) in [5.41, 5.74) is 9.58. The van der Waals surface area contributed by atoms with Gasteiger partial charge in [-0.05, 0) is 70.6 Å². The fourth-order valence-corrected chi connectivity index (χ4v) is 6.25. The molecule has 42 heavy (non-hydrogen) atoms. The maximum atomic E-state index is 5.99. The molecule has 7 heteroatoms. The minimum Gasteiger partial charge on any atom is -0.496 e. The van der Waals surface area contributed by atoms with E-state index in [-0.39, 0.29) is 0 Å². The Balaban J connectivity index is 1.28. The van der Waals surface area contributed by atoms with Crippen molar-refractivity contribution in [1.29, 1.82) is 0 Å². The normalized spacial score (nSPS) is 11.6. The number of hydrogen-bond donors (Lipinski definition) is 1. The Kier molecular flexibility index (Phi) is 5.43. The number of benzene rings is 2. The van der Waals surface area contributed by atoms with Gasteiger partial charge >= 0.3 is 0 Å². The fraction of sp³-hybridized carbons (Fsp3) is 0.0571. The van der Waals surface area contributed by atoms with Crippen molar-refractivity contribution in [2.24, 2.45) is 0 Å². The summed E-state index contributed by atoms with van der Waals surface area (Å²) in [5.74, 6) is 1.52. The molecule has 4 aromatic heterocycles. The average molecular weight is 548 g/mol. The molecule has 0 saturated heterocycles. The van der Waals surface area contributed by atoms with Crippen molar-refractivity contribution in [3.63, 3.8) is 0 Å². The van der Waals surface area contributed by atoms with Crippen LogP contribution in [-0.4, -0.2) is 38.7 Å². The van der Waals surface area contributed by atoms with Gasteiger partial charge in [0.15, 0.2) is 0 Å². The lowest BCUT2D eigenvalue weighted by Gasteiger charge is -2.16. The molecule has 0 radical (unpaired) electrons. The minimum atomic E-state index is 0.752. The van der Waals surface area contributed by atoms with Crippen molar-refractivity contribution in [3.8, 4) is 50.6 Å². The highest BCUT2D eigenvalue weighted by Crippen LogP contribution is 2.47. The molecule has 2 aliphatic rings. The first-order valence-electron chi connectivity index (χ1n) is 13.6. The molecule has 6 aromatic rings. The van der Waals surface area contributed by atoms with Crippen molar-refractivity contribution in [2.45, 2.75) is 0 Å². The Morgan fingerprint density at radius 3 is 1.95 bits per heavy atom. The molecule has 0 bridgehead atoms. The van der Waals surface area contributed by atoms with Gasteiger partial charge in [-0.15, -0.1) is 0 Å². The molecular formula is C35H25N5O2. The van der Waals surface area contributed by atoms with Crippen molar-refractivity contribution in [3.05, 3.63) is 110 Å². The van der Waals surface area contributed by atoms with Gasteiger partial charge in [-0.2, -0.15) is 0 Å². The Labute approximate surface area is 241 Å². The number of ether oxygens (including phenoxy) is 2. The van der Waals surface area contributed by atoms with Gasteiger partial charge in [0, 0.05) is 94.2 Å². The zero-order valence-corrected chi connectivity index (χ0v) is 23.0. The van der Waals surface area contributed by atoms with E-state index >= 15 is 0 Å². The molecule has 1 N–H and O–H groups in total. The highest BCUT2D eigenvalue weighted by Gasteiger charge is 2.21. The van der Waals surface area contributed by atoms with Crippen molar-refractivity contribution in [2.75, 3.05) is 14.2 Å². The molecule has 0 saturated carbocycles. The molecule has 0 unspecified atom stereocenters. The second-order valence-electron chi connectivity index (χ2n) is 10.2. The number of hydrogen-bond acceptors (Lipinski definition) is 5. The van der Waals surface area contributed by atoms with Gasteiger partial charge in [-0.3, -0.25) is 15.0 Å². The zero-order chi connectivity index (χ0) is 28.2. The summed E-state index contributed by atoms with van der Waals surface area (Å²) < 4.78 is 14.2. The van der Waals surface area contributed by atoms with Crippen LogP contribution in [0.15, 0.2) is 110 Å². The van der Waals surface area contributed by atoms with E-state index in [0.29, 0.717) is 0 Å². The van der Waals surface area contributed by atoms with Crippen molar-refractivity contribution >= 4 is 32.6 Å². The number of aromatic nitrogens is 5. The molecule has 202 valence electrons. The minimum absolute atomic E-state index is 0.752. The van der Waals surface area contributed by atoms with Crippen molar-refractivity contribution < 1.29 is 9.47 Å². The van der Waals surface area contributed by atoms with Crippen LogP contribution in [0.1, 0.15) is 0 Å². The van der Waals surface area contributed by atoms with Gasteiger partial charge in [-0.25, -0.2) is 0 Å². The van der Waals surface area contributed by atoms with Crippen LogP contribution in [-0.2, 0) is 0 Å². The van der Waals surface area contributed by atoms with Gasteiger partial charge in [-0.1, -0.05) is 6.07 Å². The third-order valence-corrected chi connectivity index (χ3v) is 8.11. The molecule has 2 aromatic carbocycles. The predicted octanol–water partition coefficient (Wildman–Crippen LogP) is 7.91. The number of fused-ring (bicyclic) bond motifs is 6. The van der Waals surface area contributed by atoms with Crippen molar-refractivity contribution in [1.82, 2.24) is 24.5 Å². The third kappa shape index (κ3) is 3.50. The summed E-state index contributed by atoms with van der Waals surface area (Å²) in [6.07, 6.45) is 15.2. The monoisotopic (exact) mass is 547 g/mol. The lowest BCUT2D eigenvalue weighted by atomic mass is 9.96. The predicted molar refractivity (Wildman–Crippen MR) is 167 cm³/mol. The van der Waals surface area contributed by atoms with E-state index in [1.807, 2.05) is 61.7 Å². The first-order chi connectivity index (χ1) is 20.8. The Morgan fingerprint density at radius 2 is 1.24 bits per heavy atom. The number of H-pyrrole nitrogens is 1. The number of rotatable bonds is 5. The van der Waals surface area contributed by atoms with Crippen LogP contribution in [0.25, 0.3) is 71.6 Å². The molecule has 0 amide bonds. The summed E-state index contributed by atoms with van der Waals surface area (Å²) in [7, 11) is 3.42. The first-order valence-corrected chi connectivity index (χ1v) is 13.6. The molecule has 7 nitrogen and oxygen atoms in total. The number of nitrogens with one attached hydrogen (secondary N) is 1. The topological polar surface area (TPSA) is 77.9 Å². The molecule has 8 rings (SSSR count). The van der Waals surface area contributed by atoms with Gasteiger partial charge < -0.3 is 19.0 Å². The molecule has 5 heterocycles. The molecule has 0 fully saturated rings. The summed E-state index contributed by atoms with van der Waals surface area (Å²) >= 11 is 0. The lowest BCUT2D eigenvalue weighted by Crippen LogP contribution is -1.97. The van der Waals surface area contributed by atoms with Crippen LogP contribution in [0.2, 0.25) is 0 Å². The number of pyridine rings is 4. The van der Waals surface area contributed by atoms with Gasteiger partial charge in [0.05, 0.1) is 25.3 Å². The molecule has 1 aliphatic heterocycles. The summed E-state index contributed by atoms with van der Waals surface area (Å²) in [6.45, 7) is 0. The highest BCUT2D eigenvalue weighted by molar-refractivity contribution is 6.14.